The summed E-state index contributed by atoms with van der Waals surface area (Å²) in [6.45, 7) is 3.41. The summed E-state index contributed by atoms with van der Waals surface area (Å²) < 4.78 is 31.0. The van der Waals surface area contributed by atoms with Crippen LogP contribution in [-0.2, 0) is 14.8 Å². The van der Waals surface area contributed by atoms with Gasteiger partial charge in [-0.15, -0.1) is 0 Å². The van der Waals surface area contributed by atoms with E-state index in [1.54, 1.807) is 24.3 Å². The molecule has 1 N–H and O–H groups in total. The molecule has 0 atom stereocenters. The van der Waals surface area contributed by atoms with Crippen LogP contribution < -0.4 is 14.4 Å². The molecule has 1 amide bonds. The summed E-state index contributed by atoms with van der Waals surface area (Å²) >= 11 is 1.95. The number of sulfonamides is 1. The SMILES string of the molecule is CCOc1ccc(N(CCCC(=O)NCCSC2CCCC2)S(C)(=O)=O)cc1. The zero-order valence-corrected chi connectivity index (χ0v) is 18.5. The van der Waals surface area contributed by atoms with E-state index in [0.717, 1.165) is 11.0 Å². The normalized spacial score (nSPS) is 14.8. The van der Waals surface area contributed by atoms with Crippen molar-refractivity contribution in [3.63, 3.8) is 0 Å². The molecule has 0 radical (unpaired) electrons. The van der Waals surface area contributed by atoms with Crippen molar-refractivity contribution in [2.24, 2.45) is 0 Å². The van der Waals surface area contributed by atoms with Crippen molar-refractivity contribution in [3.05, 3.63) is 24.3 Å². The Morgan fingerprint density at radius 3 is 2.54 bits per heavy atom. The van der Waals surface area contributed by atoms with Gasteiger partial charge in [0.05, 0.1) is 18.6 Å². The highest BCUT2D eigenvalue weighted by atomic mass is 32.2. The van der Waals surface area contributed by atoms with E-state index < -0.39 is 10.0 Å². The predicted molar refractivity (Wildman–Crippen MR) is 117 cm³/mol. The van der Waals surface area contributed by atoms with Crippen molar-refractivity contribution in [2.45, 2.75) is 50.7 Å². The Morgan fingerprint density at radius 2 is 1.93 bits per heavy atom. The molecule has 1 aromatic carbocycles. The summed E-state index contributed by atoms with van der Waals surface area (Å²) in [5.74, 6) is 1.62. The standard InChI is InChI=1S/C20H32N2O4S2/c1-3-26-18-12-10-17(11-13-18)22(28(2,24)25)15-6-9-20(23)21-14-16-27-19-7-4-5-8-19/h10-13,19H,3-9,14-16H2,1-2H3,(H,21,23). The first-order chi connectivity index (χ1) is 13.4. The van der Waals surface area contributed by atoms with Gasteiger partial charge in [-0.05, 0) is 50.5 Å². The minimum absolute atomic E-state index is 0.0211. The second-order valence-electron chi connectivity index (χ2n) is 6.99. The quantitative estimate of drug-likeness (QED) is 0.516. The molecule has 0 heterocycles. The molecule has 0 aliphatic heterocycles. The van der Waals surface area contributed by atoms with Crippen LogP contribution in [0.4, 0.5) is 5.69 Å². The van der Waals surface area contributed by atoms with Gasteiger partial charge in [-0.3, -0.25) is 9.10 Å². The summed E-state index contributed by atoms with van der Waals surface area (Å²) in [4.78, 5) is 12.0. The first kappa shape index (κ1) is 22.9. The zero-order chi connectivity index (χ0) is 20.4. The van der Waals surface area contributed by atoms with Gasteiger partial charge in [0.15, 0.2) is 0 Å². The average molecular weight is 429 g/mol. The van der Waals surface area contributed by atoms with Crippen molar-refractivity contribution in [1.82, 2.24) is 5.32 Å². The highest BCUT2D eigenvalue weighted by Gasteiger charge is 2.18. The number of hydrogen-bond donors (Lipinski definition) is 1. The fourth-order valence-electron chi connectivity index (χ4n) is 3.30. The molecule has 1 aromatic rings. The third kappa shape index (κ3) is 7.91. The molecule has 8 heteroatoms. The number of rotatable bonds is 12. The summed E-state index contributed by atoms with van der Waals surface area (Å²) in [6.07, 6.45) is 7.23. The molecule has 1 saturated carbocycles. The number of thioether (sulfide) groups is 1. The van der Waals surface area contributed by atoms with Crippen LogP contribution in [0.15, 0.2) is 24.3 Å². The number of anilines is 1. The van der Waals surface area contributed by atoms with Gasteiger partial charge in [0.2, 0.25) is 15.9 Å². The van der Waals surface area contributed by atoms with E-state index in [4.69, 9.17) is 4.74 Å². The number of benzene rings is 1. The molecular weight excluding hydrogens is 396 g/mol. The number of carbonyl (C=O) groups excluding carboxylic acids is 1. The summed E-state index contributed by atoms with van der Waals surface area (Å²) in [6, 6.07) is 6.97. The molecule has 6 nitrogen and oxygen atoms in total. The zero-order valence-electron chi connectivity index (χ0n) is 16.9. The second-order valence-corrected chi connectivity index (χ2v) is 10.3. The van der Waals surface area contributed by atoms with Crippen molar-refractivity contribution < 1.29 is 17.9 Å². The number of hydrogen-bond acceptors (Lipinski definition) is 5. The first-order valence-electron chi connectivity index (χ1n) is 9.99. The number of ether oxygens (including phenoxy) is 1. The van der Waals surface area contributed by atoms with Gasteiger partial charge in [0.1, 0.15) is 5.75 Å². The van der Waals surface area contributed by atoms with E-state index in [-0.39, 0.29) is 12.5 Å². The van der Waals surface area contributed by atoms with E-state index in [0.29, 0.717) is 37.4 Å². The van der Waals surface area contributed by atoms with Crippen LogP contribution in [0.2, 0.25) is 0 Å². The molecule has 1 aliphatic rings. The Bertz CT molecular complexity index is 701. The van der Waals surface area contributed by atoms with Gasteiger partial charge in [-0.1, -0.05) is 12.8 Å². The molecule has 0 bridgehead atoms. The van der Waals surface area contributed by atoms with Crippen LogP contribution >= 0.6 is 11.8 Å². The van der Waals surface area contributed by atoms with Gasteiger partial charge in [-0.25, -0.2) is 8.42 Å². The fraction of sp³-hybridized carbons (Fsp3) is 0.650. The van der Waals surface area contributed by atoms with E-state index in [1.165, 1.54) is 36.2 Å². The first-order valence-corrected chi connectivity index (χ1v) is 12.9. The Morgan fingerprint density at radius 1 is 1.25 bits per heavy atom. The van der Waals surface area contributed by atoms with Crippen LogP contribution in [0.3, 0.4) is 0 Å². The molecular formula is C20H32N2O4S2. The van der Waals surface area contributed by atoms with Crippen LogP contribution in [0, 0.1) is 0 Å². The average Bonchev–Trinajstić information content (AvgIpc) is 3.16. The van der Waals surface area contributed by atoms with E-state index >= 15 is 0 Å². The Hall–Kier alpha value is -1.41. The van der Waals surface area contributed by atoms with Crippen molar-refractivity contribution in [2.75, 3.05) is 36.0 Å². The number of amides is 1. The molecule has 28 heavy (non-hydrogen) atoms. The maximum absolute atomic E-state index is 12.1. The highest BCUT2D eigenvalue weighted by molar-refractivity contribution is 7.99. The smallest absolute Gasteiger partial charge is 0.232 e. The topological polar surface area (TPSA) is 75.7 Å². The Balaban J connectivity index is 1.74. The lowest BCUT2D eigenvalue weighted by Crippen LogP contribution is -2.32. The fourth-order valence-corrected chi connectivity index (χ4v) is 5.49. The van der Waals surface area contributed by atoms with Crippen LogP contribution in [-0.4, -0.2) is 51.3 Å². The lowest BCUT2D eigenvalue weighted by Gasteiger charge is -2.22. The summed E-state index contributed by atoms with van der Waals surface area (Å²) in [5, 5.41) is 3.69. The van der Waals surface area contributed by atoms with E-state index in [9.17, 15) is 13.2 Å². The van der Waals surface area contributed by atoms with Gasteiger partial charge in [-0.2, -0.15) is 11.8 Å². The maximum Gasteiger partial charge on any atom is 0.232 e. The second kappa shape index (κ2) is 11.6. The molecule has 0 aromatic heterocycles. The number of nitrogens with zero attached hydrogens (tertiary/aromatic N) is 1. The molecule has 158 valence electrons. The Kier molecular flexibility index (Phi) is 9.44. The van der Waals surface area contributed by atoms with Crippen LogP contribution in [0.5, 0.6) is 5.75 Å². The molecule has 0 unspecified atom stereocenters. The van der Waals surface area contributed by atoms with Crippen LogP contribution in [0.1, 0.15) is 45.4 Å². The largest absolute Gasteiger partial charge is 0.494 e. The Labute approximate surface area is 173 Å². The molecule has 1 fully saturated rings. The third-order valence-corrected chi connectivity index (χ3v) is 7.26. The van der Waals surface area contributed by atoms with Crippen molar-refractivity contribution in [1.29, 1.82) is 0 Å². The lowest BCUT2D eigenvalue weighted by molar-refractivity contribution is -0.121. The highest BCUT2D eigenvalue weighted by Crippen LogP contribution is 2.28. The molecule has 0 saturated heterocycles. The minimum Gasteiger partial charge on any atom is -0.494 e. The van der Waals surface area contributed by atoms with Gasteiger partial charge in [0, 0.05) is 30.5 Å². The van der Waals surface area contributed by atoms with Gasteiger partial charge in [0.25, 0.3) is 0 Å². The third-order valence-electron chi connectivity index (χ3n) is 4.68. The van der Waals surface area contributed by atoms with Crippen LogP contribution in [0.25, 0.3) is 0 Å². The molecule has 1 aliphatic carbocycles. The van der Waals surface area contributed by atoms with Gasteiger partial charge < -0.3 is 10.1 Å². The summed E-state index contributed by atoms with van der Waals surface area (Å²) in [5.41, 5.74) is 0.583. The van der Waals surface area contributed by atoms with Gasteiger partial charge >= 0.3 is 0 Å². The lowest BCUT2D eigenvalue weighted by atomic mass is 10.2. The van der Waals surface area contributed by atoms with Crippen molar-refractivity contribution >= 4 is 33.4 Å². The molecule has 0 spiro atoms. The number of nitrogens with one attached hydrogen (secondary N) is 1. The van der Waals surface area contributed by atoms with E-state index in [2.05, 4.69) is 5.32 Å². The number of carbonyl (C=O) groups is 1. The maximum atomic E-state index is 12.1. The van der Waals surface area contributed by atoms with E-state index in [1.807, 2.05) is 18.7 Å². The summed E-state index contributed by atoms with van der Waals surface area (Å²) in [7, 11) is -3.41. The van der Waals surface area contributed by atoms with Crippen molar-refractivity contribution in [3.8, 4) is 5.75 Å². The predicted octanol–water partition coefficient (Wildman–Crippen LogP) is 3.42. The minimum atomic E-state index is -3.41. The monoisotopic (exact) mass is 428 g/mol. The molecule has 2 rings (SSSR count).